The van der Waals surface area contributed by atoms with Gasteiger partial charge in [-0.15, -0.1) is 0 Å². The molecule has 2 unspecified atom stereocenters. The lowest BCUT2D eigenvalue weighted by molar-refractivity contribution is -0.125. The first-order valence-electron chi connectivity index (χ1n) is 5.99. The molecule has 0 aliphatic carbocycles. The molecule has 1 rings (SSSR count). The molecule has 0 saturated heterocycles. The van der Waals surface area contributed by atoms with Crippen molar-refractivity contribution >= 4 is 5.91 Å². The Balaban J connectivity index is 2.51. The van der Waals surface area contributed by atoms with Crippen LogP contribution < -0.4 is 5.32 Å². The second kappa shape index (κ2) is 6.40. The second-order valence-corrected chi connectivity index (χ2v) is 4.68. The zero-order valence-electron chi connectivity index (χ0n) is 10.7. The molecule has 0 aliphatic heterocycles. The van der Waals surface area contributed by atoms with E-state index in [-0.39, 0.29) is 24.5 Å². The highest BCUT2D eigenvalue weighted by atomic mass is 16.3. The average Bonchev–Trinajstić information content (AvgIpc) is 2.31. The molecule has 2 N–H and O–H groups in total. The molecular formula is C14H21NO2. The highest BCUT2D eigenvalue weighted by Gasteiger charge is 2.15. The quantitative estimate of drug-likeness (QED) is 0.815. The molecule has 0 aliphatic rings. The maximum Gasteiger partial charge on any atom is 0.223 e. The van der Waals surface area contributed by atoms with Crippen molar-refractivity contribution in [1.29, 1.82) is 0 Å². The minimum Gasteiger partial charge on any atom is -0.394 e. The molecule has 0 spiro atoms. The molecular weight excluding hydrogens is 214 g/mol. The molecule has 0 aromatic heterocycles. The van der Waals surface area contributed by atoms with Gasteiger partial charge in [0.05, 0.1) is 6.61 Å². The third-order valence-corrected chi connectivity index (χ3v) is 2.77. The van der Waals surface area contributed by atoms with E-state index in [0.717, 1.165) is 12.0 Å². The number of nitrogens with one attached hydrogen (secondary N) is 1. The molecule has 0 bridgehead atoms. The van der Waals surface area contributed by atoms with Gasteiger partial charge in [0, 0.05) is 12.0 Å². The van der Waals surface area contributed by atoms with Crippen LogP contribution in [0.1, 0.15) is 25.0 Å². The van der Waals surface area contributed by atoms with Crippen LogP contribution in [-0.4, -0.2) is 23.7 Å². The topological polar surface area (TPSA) is 49.3 Å². The number of carbonyl (C=O) groups is 1. The van der Waals surface area contributed by atoms with Crippen LogP contribution in [0, 0.1) is 12.8 Å². The Morgan fingerprint density at radius 2 is 1.88 bits per heavy atom. The Hall–Kier alpha value is -1.35. The molecule has 0 saturated carbocycles. The number of hydrogen-bond donors (Lipinski definition) is 2. The van der Waals surface area contributed by atoms with Crippen molar-refractivity contribution in [2.45, 2.75) is 33.2 Å². The zero-order chi connectivity index (χ0) is 12.8. The highest BCUT2D eigenvalue weighted by molar-refractivity contribution is 5.78. The van der Waals surface area contributed by atoms with E-state index in [1.807, 2.05) is 13.8 Å². The van der Waals surface area contributed by atoms with E-state index in [4.69, 9.17) is 5.11 Å². The lowest BCUT2D eigenvalue weighted by Crippen LogP contribution is -2.38. The normalized spacial score (nSPS) is 14.1. The van der Waals surface area contributed by atoms with Crippen molar-refractivity contribution in [3.8, 4) is 0 Å². The van der Waals surface area contributed by atoms with Crippen LogP contribution in [-0.2, 0) is 11.2 Å². The Kier molecular flexibility index (Phi) is 5.16. The van der Waals surface area contributed by atoms with Crippen molar-refractivity contribution in [3.63, 3.8) is 0 Å². The van der Waals surface area contributed by atoms with Gasteiger partial charge in [0.15, 0.2) is 0 Å². The van der Waals surface area contributed by atoms with Crippen LogP contribution in [0.2, 0.25) is 0 Å². The van der Waals surface area contributed by atoms with Crippen LogP contribution in [0.25, 0.3) is 0 Å². The van der Waals surface area contributed by atoms with Gasteiger partial charge in [0.25, 0.3) is 0 Å². The van der Waals surface area contributed by atoms with Crippen molar-refractivity contribution in [1.82, 2.24) is 5.32 Å². The number of hydrogen-bond acceptors (Lipinski definition) is 2. The summed E-state index contributed by atoms with van der Waals surface area (Å²) >= 11 is 0. The first-order valence-corrected chi connectivity index (χ1v) is 5.99. The minimum atomic E-state index is -0.178. The van der Waals surface area contributed by atoms with E-state index in [9.17, 15) is 4.79 Å². The molecule has 1 amide bonds. The fraction of sp³-hybridized carbons (Fsp3) is 0.500. The van der Waals surface area contributed by atoms with Gasteiger partial charge < -0.3 is 10.4 Å². The van der Waals surface area contributed by atoms with Crippen molar-refractivity contribution in [2.24, 2.45) is 5.92 Å². The summed E-state index contributed by atoms with van der Waals surface area (Å²) in [5.74, 6) is -0.0844. The van der Waals surface area contributed by atoms with Crippen molar-refractivity contribution < 1.29 is 9.90 Å². The number of carbonyl (C=O) groups excluding carboxylic acids is 1. The standard InChI is InChI=1S/C14H21NO2/c1-10-4-6-13(7-5-10)8-11(2)14(17)15-12(3)9-16/h4-7,11-12,16H,8-9H2,1-3H3,(H,15,17). The summed E-state index contributed by atoms with van der Waals surface area (Å²) in [6, 6.07) is 8.03. The third kappa shape index (κ3) is 4.57. The Bertz CT molecular complexity index is 359. The smallest absolute Gasteiger partial charge is 0.223 e. The molecule has 0 radical (unpaired) electrons. The predicted octanol–water partition coefficient (Wildman–Crippen LogP) is 1.67. The van der Waals surface area contributed by atoms with Crippen LogP contribution >= 0.6 is 0 Å². The number of rotatable bonds is 5. The lowest BCUT2D eigenvalue weighted by atomic mass is 9.99. The lowest BCUT2D eigenvalue weighted by Gasteiger charge is -2.15. The molecule has 1 aromatic rings. The molecule has 3 heteroatoms. The van der Waals surface area contributed by atoms with Crippen molar-refractivity contribution in [3.05, 3.63) is 35.4 Å². The number of aryl methyl sites for hydroxylation is 1. The van der Waals surface area contributed by atoms with E-state index >= 15 is 0 Å². The van der Waals surface area contributed by atoms with E-state index in [1.54, 1.807) is 6.92 Å². The van der Waals surface area contributed by atoms with Gasteiger partial charge in [-0.1, -0.05) is 36.8 Å². The maximum atomic E-state index is 11.8. The zero-order valence-corrected chi connectivity index (χ0v) is 10.7. The highest BCUT2D eigenvalue weighted by Crippen LogP contribution is 2.10. The second-order valence-electron chi connectivity index (χ2n) is 4.68. The monoisotopic (exact) mass is 235 g/mol. The fourth-order valence-electron chi connectivity index (χ4n) is 1.60. The Morgan fingerprint density at radius 3 is 2.41 bits per heavy atom. The molecule has 3 nitrogen and oxygen atoms in total. The molecule has 0 fully saturated rings. The van der Waals surface area contributed by atoms with Crippen LogP contribution in [0.3, 0.4) is 0 Å². The van der Waals surface area contributed by atoms with E-state index in [2.05, 4.69) is 29.6 Å². The number of amides is 1. The summed E-state index contributed by atoms with van der Waals surface area (Å²) in [5.41, 5.74) is 2.38. The van der Waals surface area contributed by atoms with Gasteiger partial charge in [-0.05, 0) is 25.8 Å². The Morgan fingerprint density at radius 1 is 1.29 bits per heavy atom. The van der Waals surface area contributed by atoms with Crippen LogP contribution in [0.5, 0.6) is 0 Å². The summed E-state index contributed by atoms with van der Waals surface area (Å²) in [6.45, 7) is 5.71. The van der Waals surface area contributed by atoms with Gasteiger partial charge in [0.1, 0.15) is 0 Å². The van der Waals surface area contributed by atoms with Crippen LogP contribution in [0.4, 0.5) is 0 Å². The average molecular weight is 235 g/mol. The third-order valence-electron chi connectivity index (χ3n) is 2.77. The summed E-state index contributed by atoms with van der Waals surface area (Å²) in [6.07, 6.45) is 0.726. The number of benzene rings is 1. The van der Waals surface area contributed by atoms with Gasteiger partial charge in [-0.2, -0.15) is 0 Å². The van der Waals surface area contributed by atoms with Crippen LogP contribution in [0.15, 0.2) is 24.3 Å². The van der Waals surface area contributed by atoms with E-state index < -0.39 is 0 Å². The minimum absolute atomic E-state index is 0.00729. The van der Waals surface area contributed by atoms with E-state index in [0.29, 0.717) is 0 Å². The first-order chi connectivity index (χ1) is 8.02. The number of aliphatic hydroxyl groups is 1. The molecule has 17 heavy (non-hydrogen) atoms. The number of aliphatic hydroxyl groups excluding tert-OH is 1. The van der Waals surface area contributed by atoms with E-state index in [1.165, 1.54) is 5.56 Å². The van der Waals surface area contributed by atoms with Gasteiger partial charge in [-0.25, -0.2) is 0 Å². The summed E-state index contributed by atoms with van der Waals surface area (Å²) in [7, 11) is 0. The molecule has 94 valence electrons. The summed E-state index contributed by atoms with van der Waals surface area (Å²) in [4.78, 5) is 11.8. The SMILES string of the molecule is Cc1ccc(CC(C)C(=O)NC(C)CO)cc1. The largest absolute Gasteiger partial charge is 0.394 e. The maximum absolute atomic E-state index is 11.8. The fourth-order valence-corrected chi connectivity index (χ4v) is 1.60. The Labute approximate surface area is 103 Å². The summed E-state index contributed by atoms with van der Waals surface area (Å²) < 4.78 is 0. The predicted molar refractivity (Wildman–Crippen MR) is 68.7 cm³/mol. The molecule has 2 atom stereocenters. The van der Waals surface area contributed by atoms with Gasteiger partial charge in [0.2, 0.25) is 5.91 Å². The first kappa shape index (κ1) is 13.7. The van der Waals surface area contributed by atoms with Gasteiger partial charge in [-0.3, -0.25) is 4.79 Å². The summed E-state index contributed by atoms with van der Waals surface area (Å²) in [5, 5.41) is 11.6. The molecule has 1 aromatic carbocycles. The molecule has 0 heterocycles. The van der Waals surface area contributed by atoms with Crippen molar-refractivity contribution in [2.75, 3.05) is 6.61 Å². The van der Waals surface area contributed by atoms with Gasteiger partial charge >= 0.3 is 0 Å².